The number of carbonyl (C=O) groups is 2. The van der Waals surface area contributed by atoms with Crippen molar-refractivity contribution < 1.29 is 14.3 Å². The Morgan fingerprint density at radius 3 is 2.40 bits per heavy atom. The van der Waals surface area contributed by atoms with Gasteiger partial charge in [0.15, 0.2) is 0 Å². The first-order valence-corrected chi connectivity index (χ1v) is 9.06. The second-order valence-electron chi connectivity index (χ2n) is 6.69. The molecule has 1 aromatic rings. The summed E-state index contributed by atoms with van der Waals surface area (Å²) in [5.41, 5.74) is 0.517. The molecule has 1 aliphatic heterocycles. The van der Waals surface area contributed by atoms with E-state index in [-0.39, 0.29) is 23.8 Å². The summed E-state index contributed by atoms with van der Waals surface area (Å²) in [6.45, 7) is 8.19. The van der Waals surface area contributed by atoms with Crippen molar-refractivity contribution in [2.24, 2.45) is 5.92 Å². The summed E-state index contributed by atoms with van der Waals surface area (Å²) in [6, 6.07) is 6.58. The molecule has 6 nitrogen and oxygen atoms in total. The van der Waals surface area contributed by atoms with Gasteiger partial charge in [-0.1, -0.05) is 13.8 Å². The van der Waals surface area contributed by atoms with Crippen molar-refractivity contribution in [2.45, 2.75) is 45.7 Å². The van der Waals surface area contributed by atoms with E-state index in [4.69, 9.17) is 4.74 Å². The molecule has 0 radical (unpaired) electrons. The summed E-state index contributed by atoms with van der Waals surface area (Å²) in [5.74, 6) is 0.375. The van der Waals surface area contributed by atoms with E-state index in [1.165, 1.54) is 0 Å². The van der Waals surface area contributed by atoms with Gasteiger partial charge in [-0.2, -0.15) is 0 Å². The number of ether oxygens (including phenoxy) is 1. The molecule has 3 N–H and O–H groups in total. The number of amides is 2. The number of rotatable bonds is 7. The molecule has 0 aliphatic carbocycles. The molecule has 0 saturated carbocycles. The SMILES string of the molecule is CCOc1ccc(C(=O)NC(C(=O)NC2CCNCC2)C(C)C)cc1. The van der Waals surface area contributed by atoms with Crippen LogP contribution in [0.25, 0.3) is 0 Å². The van der Waals surface area contributed by atoms with E-state index in [9.17, 15) is 9.59 Å². The predicted molar refractivity (Wildman–Crippen MR) is 97.7 cm³/mol. The first-order valence-electron chi connectivity index (χ1n) is 9.06. The highest BCUT2D eigenvalue weighted by Crippen LogP contribution is 2.13. The van der Waals surface area contributed by atoms with E-state index in [0.29, 0.717) is 12.2 Å². The third kappa shape index (κ3) is 5.74. The van der Waals surface area contributed by atoms with Crippen LogP contribution in [-0.2, 0) is 4.79 Å². The lowest BCUT2D eigenvalue weighted by Gasteiger charge is -2.28. The van der Waals surface area contributed by atoms with E-state index in [2.05, 4.69) is 16.0 Å². The zero-order chi connectivity index (χ0) is 18.2. The van der Waals surface area contributed by atoms with Crippen molar-refractivity contribution in [1.29, 1.82) is 0 Å². The zero-order valence-corrected chi connectivity index (χ0v) is 15.3. The van der Waals surface area contributed by atoms with Gasteiger partial charge >= 0.3 is 0 Å². The van der Waals surface area contributed by atoms with Crippen LogP contribution in [0.3, 0.4) is 0 Å². The van der Waals surface area contributed by atoms with Crippen LogP contribution in [0, 0.1) is 5.92 Å². The maximum atomic E-state index is 12.6. The third-order valence-electron chi connectivity index (χ3n) is 4.35. The molecule has 0 bridgehead atoms. The topological polar surface area (TPSA) is 79.5 Å². The van der Waals surface area contributed by atoms with Crippen molar-refractivity contribution in [1.82, 2.24) is 16.0 Å². The number of benzene rings is 1. The number of hydrogen-bond acceptors (Lipinski definition) is 4. The fraction of sp³-hybridized carbons (Fsp3) is 0.579. The van der Waals surface area contributed by atoms with Crippen LogP contribution in [0.15, 0.2) is 24.3 Å². The van der Waals surface area contributed by atoms with Crippen LogP contribution in [0.2, 0.25) is 0 Å². The summed E-state index contributed by atoms with van der Waals surface area (Å²) < 4.78 is 5.38. The maximum absolute atomic E-state index is 12.6. The molecule has 25 heavy (non-hydrogen) atoms. The summed E-state index contributed by atoms with van der Waals surface area (Å²) in [7, 11) is 0. The van der Waals surface area contributed by atoms with Crippen LogP contribution in [-0.4, -0.2) is 43.6 Å². The first-order chi connectivity index (χ1) is 12.0. The van der Waals surface area contributed by atoms with Crippen molar-refractivity contribution in [3.05, 3.63) is 29.8 Å². The predicted octanol–water partition coefficient (Wildman–Crippen LogP) is 1.71. The molecule has 2 amide bonds. The quantitative estimate of drug-likeness (QED) is 0.701. The highest BCUT2D eigenvalue weighted by molar-refractivity contribution is 5.97. The van der Waals surface area contributed by atoms with Crippen LogP contribution >= 0.6 is 0 Å². The molecule has 1 aliphatic rings. The average Bonchev–Trinajstić information content (AvgIpc) is 2.61. The largest absolute Gasteiger partial charge is 0.494 e. The van der Waals surface area contributed by atoms with Gasteiger partial charge in [0.1, 0.15) is 11.8 Å². The van der Waals surface area contributed by atoms with E-state index in [1.807, 2.05) is 20.8 Å². The zero-order valence-electron chi connectivity index (χ0n) is 15.3. The molecule has 138 valence electrons. The molecule has 6 heteroatoms. The van der Waals surface area contributed by atoms with Gasteiger partial charge in [-0.15, -0.1) is 0 Å². The lowest BCUT2D eigenvalue weighted by atomic mass is 10.0. The Bertz CT molecular complexity index is 566. The second kappa shape index (κ2) is 9.42. The smallest absolute Gasteiger partial charge is 0.251 e. The molecular formula is C19H29N3O3. The van der Waals surface area contributed by atoms with Gasteiger partial charge < -0.3 is 20.7 Å². The molecule has 1 aromatic carbocycles. The van der Waals surface area contributed by atoms with Crippen LogP contribution < -0.4 is 20.7 Å². The van der Waals surface area contributed by atoms with Gasteiger partial charge in [-0.25, -0.2) is 0 Å². The van der Waals surface area contributed by atoms with E-state index in [1.54, 1.807) is 24.3 Å². The minimum absolute atomic E-state index is 0.00774. The molecule has 1 saturated heterocycles. The molecule has 1 atom stereocenters. The Balaban J connectivity index is 1.97. The molecule has 1 heterocycles. The number of carbonyl (C=O) groups excluding carboxylic acids is 2. The van der Waals surface area contributed by atoms with E-state index in [0.717, 1.165) is 31.7 Å². The fourth-order valence-electron chi connectivity index (χ4n) is 2.89. The van der Waals surface area contributed by atoms with E-state index >= 15 is 0 Å². The van der Waals surface area contributed by atoms with Crippen LogP contribution in [0.4, 0.5) is 0 Å². The van der Waals surface area contributed by atoms with Crippen molar-refractivity contribution >= 4 is 11.8 Å². The van der Waals surface area contributed by atoms with Gasteiger partial charge in [0, 0.05) is 11.6 Å². The molecule has 1 fully saturated rings. The average molecular weight is 347 g/mol. The lowest BCUT2D eigenvalue weighted by Crippen LogP contribution is -2.53. The van der Waals surface area contributed by atoms with Crippen LogP contribution in [0.5, 0.6) is 5.75 Å². The number of piperidine rings is 1. The fourth-order valence-corrected chi connectivity index (χ4v) is 2.89. The Labute approximate surface area is 149 Å². The Morgan fingerprint density at radius 2 is 1.84 bits per heavy atom. The molecule has 2 rings (SSSR count). The Morgan fingerprint density at radius 1 is 1.20 bits per heavy atom. The minimum atomic E-state index is -0.547. The highest BCUT2D eigenvalue weighted by atomic mass is 16.5. The van der Waals surface area contributed by atoms with Crippen molar-refractivity contribution in [3.63, 3.8) is 0 Å². The van der Waals surface area contributed by atoms with Gasteiger partial charge in [0.05, 0.1) is 6.61 Å². The van der Waals surface area contributed by atoms with Crippen molar-refractivity contribution in [2.75, 3.05) is 19.7 Å². The summed E-state index contributed by atoms with van der Waals surface area (Å²) >= 11 is 0. The summed E-state index contributed by atoms with van der Waals surface area (Å²) in [4.78, 5) is 25.1. The lowest BCUT2D eigenvalue weighted by molar-refractivity contribution is -0.124. The van der Waals surface area contributed by atoms with Gasteiger partial charge in [-0.3, -0.25) is 9.59 Å². The first kappa shape index (κ1) is 19.2. The van der Waals surface area contributed by atoms with Crippen LogP contribution in [0.1, 0.15) is 44.0 Å². The van der Waals surface area contributed by atoms with Gasteiger partial charge in [0.25, 0.3) is 5.91 Å². The Hall–Kier alpha value is -2.08. The highest BCUT2D eigenvalue weighted by Gasteiger charge is 2.27. The van der Waals surface area contributed by atoms with Gasteiger partial charge in [-0.05, 0) is 63.0 Å². The Kier molecular flexibility index (Phi) is 7.25. The molecule has 0 aromatic heterocycles. The van der Waals surface area contributed by atoms with Crippen molar-refractivity contribution in [3.8, 4) is 5.75 Å². The maximum Gasteiger partial charge on any atom is 0.251 e. The second-order valence-corrected chi connectivity index (χ2v) is 6.69. The number of nitrogens with one attached hydrogen (secondary N) is 3. The third-order valence-corrected chi connectivity index (χ3v) is 4.35. The molecular weight excluding hydrogens is 318 g/mol. The molecule has 0 spiro atoms. The monoisotopic (exact) mass is 347 g/mol. The minimum Gasteiger partial charge on any atom is -0.494 e. The summed E-state index contributed by atoms with van der Waals surface area (Å²) in [6.07, 6.45) is 1.84. The number of hydrogen-bond donors (Lipinski definition) is 3. The molecule has 1 unspecified atom stereocenters. The standard InChI is InChI=1S/C19H29N3O3/c1-4-25-16-7-5-14(6-8-16)18(23)22-17(13(2)3)19(24)21-15-9-11-20-12-10-15/h5-8,13,15,17,20H,4,9-12H2,1-3H3,(H,21,24)(H,22,23). The van der Waals surface area contributed by atoms with E-state index < -0.39 is 6.04 Å². The normalized spacial score (nSPS) is 16.3. The van der Waals surface area contributed by atoms with Gasteiger partial charge in [0.2, 0.25) is 5.91 Å². The summed E-state index contributed by atoms with van der Waals surface area (Å²) in [5, 5.41) is 9.21.